The van der Waals surface area contributed by atoms with Crippen LogP contribution in [0.5, 0.6) is 0 Å². The van der Waals surface area contributed by atoms with E-state index in [1.165, 1.54) is 0 Å². The number of rotatable bonds is 2. The second-order valence-electron chi connectivity index (χ2n) is 3.13. The van der Waals surface area contributed by atoms with Crippen molar-refractivity contribution in [2.45, 2.75) is 6.54 Å². The van der Waals surface area contributed by atoms with Crippen LogP contribution in [-0.2, 0) is 6.54 Å². The fraction of sp³-hybridized carbons (Fsp3) is 0.100. The second-order valence-corrected chi connectivity index (χ2v) is 4.39. The molecule has 0 atom stereocenters. The Bertz CT molecular complexity index is 481. The molecule has 1 aromatic carbocycles. The lowest BCUT2D eigenvalue weighted by molar-refractivity contribution is 0.697. The molecule has 2 rings (SSSR count). The second kappa shape index (κ2) is 4.24. The largest absolute Gasteiger partial charge is 0.383 e. The Labute approximate surface area is 101 Å². The zero-order valence-corrected chi connectivity index (χ0v) is 10.2. The van der Waals surface area contributed by atoms with Gasteiger partial charge in [-0.05, 0) is 27.6 Å². The van der Waals surface area contributed by atoms with E-state index < -0.39 is 0 Å². The van der Waals surface area contributed by atoms with Gasteiger partial charge in [-0.3, -0.25) is 0 Å². The summed E-state index contributed by atoms with van der Waals surface area (Å²) in [4.78, 5) is 0. The predicted molar refractivity (Wildman–Crippen MR) is 64.9 cm³/mol. The van der Waals surface area contributed by atoms with Crippen molar-refractivity contribution < 1.29 is 0 Å². The summed E-state index contributed by atoms with van der Waals surface area (Å²) >= 11 is 9.35. The van der Waals surface area contributed by atoms with Crippen LogP contribution in [0.3, 0.4) is 0 Å². The van der Waals surface area contributed by atoms with Crippen LogP contribution < -0.4 is 5.73 Å². The lowest BCUT2D eigenvalue weighted by Gasteiger charge is -2.05. The van der Waals surface area contributed by atoms with Crippen LogP contribution in [0.1, 0.15) is 5.56 Å². The van der Waals surface area contributed by atoms with Gasteiger partial charge < -0.3 is 5.73 Å². The van der Waals surface area contributed by atoms with Crippen LogP contribution in [-0.4, -0.2) is 9.78 Å². The molecule has 2 N–H and O–H groups in total. The number of anilines is 1. The van der Waals surface area contributed by atoms with E-state index in [0.29, 0.717) is 12.4 Å². The quantitative estimate of drug-likeness (QED) is 0.922. The van der Waals surface area contributed by atoms with Crippen molar-refractivity contribution in [2.24, 2.45) is 0 Å². The molecule has 0 saturated heterocycles. The summed E-state index contributed by atoms with van der Waals surface area (Å²) in [6.45, 7) is 0.580. The number of benzene rings is 1. The van der Waals surface area contributed by atoms with Gasteiger partial charge >= 0.3 is 0 Å². The van der Waals surface area contributed by atoms with Gasteiger partial charge in [-0.15, -0.1) is 0 Å². The third-order valence-electron chi connectivity index (χ3n) is 2.11. The third kappa shape index (κ3) is 2.16. The van der Waals surface area contributed by atoms with Crippen LogP contribution in [0.2, 0.25) is 5.02 Å². The monoisotopic (exact) mass is 285 g/mol. The highest BCUT2D eigenvalue weighted by Gasteiger charge is 2.06. The molecule has 0 radical (unpaired) electrons. The fourth-order valence-corrected chi connectivity index (χ4v) is 1.78. The van der Waals surface area contributed by atoms with Crippen LogP contribution in [0, 0.1) is 0 Å². The van der Waals surface area contributed by atoms with Gasteiger partial charge in [-0.25, -0.2) is 4.68 Å². The number of nitrogen functional groups attached to an aromatic ring is 1. The normalized spacial score (nSPS) is 10.5. The first-order valence-electron chi connectivity index (χ1n) is 4.38. The van der Waals surface area contributed by atoms with Crippen LogP contribution in [0.15, 0.2) is 34.9 Å². The Balaban J connectivity index is 2.30. The maximum Gasteiger partial charge on any atom is 0.136 e. The Morgan fingerprint density at radius 3 is 2.73 bits per heavy atom. The summed E-state index contributed by atoms with van der Waals surface area (Å²) in [7, 11) is 0. The molecule has 1 heterocycles. The van der Waals surface area contributed by atoms with Gasteiger partial charge in [0.2, 0.25) is 0 Å². The van der Waals surface area contributed by atoms with Gasteiger partial charge in [0.1, 0.15) is 5.82 Å². The standard InChI is InChI=1S/C10H9BrClN3/c11-8-5-14-15(10(8)13)6-7-3-1-2-4-9(7)12/h1-5H,6,13H2. The smallest absolute Gasteiger partial charge is 0.136 e. The first-order valence-corrected chi connectivity index (χ1v) is 5.56. The van der Waals surface area contributed by atoms with Crippen molar-refractivity contribution in [1.29, 1.82) is 0 Å². The minimum atomic E-state index is 0.580. The molecule has 15 heavy (non-hydrogen) atoms. The van der Waals surface area contributed by atoms with Crippen molar-refractivity contribution in [3.63, 3.8) is 0 Å². The number of hydrogen-bond donors (Lipinski definition) is 1. The highest BCUT2D eigenvalue weighted by Crippen LogP contribution is 2.21. The fourth-order valence-electron chi connectivity index (χ4n) is 1.29. The summed E-state index contributed by atoms with van der Waals surface area (Å²) in [6.07, 6.45) is 1.67. The molecule has 0 spiro atoms. The average Bonchev–Trinajstić information content (AvgIpc) is 2.53. The van der Waals surface area contributed by atoms with E-state index in [2.05, 4.69) is 21.0 Å². The van der Waals surface area contributed by atoms with Crippen LogP contribution in [0.25, 0.3) is 0 Å². The Kier molecular flexibility index (Phi) is 2.98. The van der Waals surface area contributed by atoms with E-state index in [1.807, 2.05) is 24.3 Å². The summed E-state index contributed by atoms with van der Waals surface area (Å²) in [5.41, 5.74) is 6.81. The number of nitrogens with zero attached hydrogens (tertiary/aromatic N) is 2. The topological polar surface area (TPSA) is 43.8 Å². The average molecular weight is 287 g/mol. The molecule has 0 aliphatic heterocycles. The molecule has 2 aromatic rings. The van der Waals surface area contributed by atoms with Crippen molar-refractivity contribution in [3.8, 4) is 0 Å². The van der Waals surface area contributed by atoms with Gasteiger partial charge in [0, 0.05) is 5.02 Å². The molecule has 0 fully saturated rings. The van der Waals surface area contributed by atoms with Crippen LogP contribution >= 0.6 is 27.5 Å². The Morgan fingerprint density at radius 2 is 2.13 bits per heavy atom. The van der Waals surface area contributed by atoms with Gasteiger partial charge in [-0.1, -0.05) is 29.8 Å². The number of aromatic nitrogens is 2. The maximum atomic E-state index is 6.04. The zero-order chi connectivity index (χ0) is 10.8. The minimum absolute atomic E-state index is 0.580. The van der Waals surface area contributed by atoms with Crippen molar-refractivity contribution in [3.05, 3.63) is 45.5 Å². The van der Waals surface area contributed by atoms with E-state index in [9.17, 15) is 0 Å². The number of hydrogen-bond acceptors (Lipinski definition) is 2. The molecule has 78 valence electrons. The molecule has 3 nitrogen and oxygen atoms in total. The van der Waals surface area contributed by atoms with Gasteiger partial charge in [0.05, 0.1) is 17.2 Å². The summed E-state index contributed by atoms with van der Waals surface area (Å²) in [5, 5.41) is 4.86. The zero-order valence-electron chi connectivity index (χ0n) is 7.82. The van der Waals surface area contributed by atoms with Gasteiger partial charge in [0.15, 0.2) is 0 Å². The lowest BCUT2D eigenvalue weighted by atomic mass is 10.2. The minimum Gasteiger partial charge on any atom is -0.383 e. The summed E-state index contributed by atoms with van der Waals surface area (Å²) in [6, 6.07) is 7.65. The molecule has 0 aliphatic carbocycles. The molecule has 5 heteroatoms. The highest BCUT2D eigenvalue weighted by molar-refractivity contribution is 9.10. The van der Waals surface area contributed by atoms with Gasteiger partial charge in [0.25, 0.3) is 0 Å². The van der Waals surface area contributed by atoms with Crippen molar-refractivity contribution in [1.82, 2.24) is 9.78 Å². The number of halogens is 2. The molecule has 1 aromatic heterocycles. The Hall–Kier alpha value is -1.00. The maximum absolute atomic E-state index is 6.04. The SMILES string of the molecule is Nc1c(Br)cnn1Cc1ccccc1Cl. The van der Waals surface area contributed by atoms with Gasteiger partial charge in [-0.2, -0.15) is 5.10 Å². The lowest BCUT2D eigenvalue weighted by Crippen LogP contribution is -2.06. The van der Waals surface area contributed by atoms with E-state index in [1.54, 1.807) is 10.9 Å². The van der Waals surface area contributed by atoms with E-state index in [4.69, 9.17) is 17.3 Å². The third-order valence-corrected chi connectivity index (χ3v) is 3.09. The number of nitrogens with two attached hydrogens (primary N) is 1. The molecule has 0 amide bonds. The molecule has 0 saturated carbocycles. The molecule has 0 aliphatic rings. The van der Waals surface area contributed by atoms with E-state index in [0.717, 1.165) is 15.1 Å². The van der Waals surface area contributed by atoms with E-state index in [-0.39, 0.29) is 0 Å². The molecule has 0 unspecified atom stereocenters. The molecular formula is C10H9BrClN3. The summed E-state index contributed by atoms with van der Waals surface area (Å²) in [5.74, 6) is 0.606. The Morgan fingerprint density at radius 1 is 1.40 bits per heavy atom. The highest BCUT2D eigenvalue weighted by atomic mass is 79.9. The first-order chi connectivity index (χ1) is 7.18. The van der Waals surface area contributed by atoms with Crippen molar-refractivity contribution in [2.75, 3.05) is 5.73 Å². The van der Waals surface area contributed by atoms with Crippen molar-refractivity contribution >= 4 is 33.3 Å². The van der Waals surface area contributed by atoms with E-state index >= 15 is 0 Å². The first kappa shape index (κ1) is 10.5. The molecular weight excluding hydrogens is 277 g/mol. The van der Waals surface area contributed by atoms with Crippen LogP contribution in [0.4, 0.5) is 5.82 Å². The molecule has 0 bridgehead atoms. The summed E-state index contributed by atoms with van der Waals surface area (Å²) < 4.78 is 2.50. The predicted octanol–water partition coefficient (Wildman–Crippen LogP) is 2.93.